The van der Waals surface area contributed by atoms with Gasteiger partial charge < -0.3 is 15.2 Å². The largest absolute Gasteiger partial charge is 0.493 e. The number of nitrogens with two attached hydrogens (primary N) is 1. The monoisotopic (exact) mass is 244 g/mol. The number of ether oxygens (including phenoxy) is 2. The second-order valence-electron chi connectivity index (χ2n) is 3.57. The standard InChI is InChI=1S/C12H12N4O2/c1-17-10-4-7(9-6-15-16-12(9)14)3-8(5-13)11(10)18-2/h3-4,6H,1-2H3,(H3,14,15,16). The second-order valence-corrected chi connectivity index (χ2v) is 3.57. The summed E-state index contributed by atoms with van der Waals surface area (Å²) in [7, 11) is 3.01. The highest BCUT2D eigenvalue weighted by Gasteiger charge is 2.15. The van der Waals surface area contributed by atoms with E-state index in [9.17, 15) is 0 Å². The molecule has 0 atom stereocenters. The molecule has 0 amide bonds. The van der Waals surface area contributed by atoms with E-state index in [0.29, 0.717) is 28.4 Å². The van der Waals surface area contributed by atoms with E-state index < -0.39 is 0 Å². The Morgan fingerprint density at radius 3 is 2.61 bits per heavy atom. The summed E-state index contributed by atoms with van der Waals surface area (Å²) < 4.78 is 10.4. The van der Waals surface area contributed by atoms with E-state index in [2.05, 4.69) is 16.3 Å². The average Bonchev–Trinajstić information content (AvgIpc) is 2.83. The summed E-state index contributed by atoms with van der Waals surface area (Å²) in [6.07, 6.45) is 1.59. The van der Waals surface area contributed by atoms with Crippen LogP contribution in [0.25, 0.3) is 11.1 Å². The predicted octanol–water partition coefficient (Wildman–Crippen LogP) is 1.55. The summed E-state index contributed by atoms with van der Waals surface area (Å²) in [6.45, 7) is 0. The first-order chi connectivity index (χ1) is 8.71. The molecular formula is C12H12N4O2. The van der Waals surface area contributed by atoms with Crippen LogP contribution in [0, 0.1) is 11.3 Å². The molecule has 6 heteroatoms. The number of nitrogen functional groups attached to an aromatic ring is 1. The van der Waals surface area contributed by atoms with E-state index in [-0.39, 0.29) is 0 Å². The lowest BCUT2D eigenvalue weighted by molar-refractivity contribution is 0.354. The molecule has 0 radical (unpaired) electrons. The van der Waals surface area contributed by atoms with Crippen molar-refractivity contribution in [1.82, 2.24) is 10.2 Å². The fraction of sp³-hybridized carbons (Fsp3) is 0.167. The summed E-state index contributed by atoms with van der Waals surface area (Å²) in [5, 5.41) is 15.6. The topological polar surface area (TPSA) is 97.0 Å². The summed E-state index contributed by atoms with van der Waals surface area (Å²) in [5.41, 5.74) is 7.60. The third-order valence-corrected chi connectivity index (χ3v) is 2.58. The molecule has 6 nitrogen and oxygen atoms in total. The van der Waals surface area contributed by atoms with E-state index >= 15 is 0 Å². The Bertz CT molecular complexity index is 613. The lowest BCUT2D eigenvalue weighted by Gasteiger charge is -2.11. The van der Waals surface area contributed by atoms with Gasteiger partial charge in [0.1, 0.15) is 11.9 Å². The van der Waals surface area contributed by atoms with Crippen LogP contribution >= 0.6 is 0 Å². The molecule has 0 aliphatic rings. The first-order valence-corrected chi connectivity index (χ1v) is 5.16. The smallest absolute Gasteiger partial charge is 0.178 e. The number of methoxy groups -OCH3 is 2. The number of nitriles is 1. The number of rotatable bonds is 3. The first-order valence-electron chi connectivity index (χ1n) is 5.16. The van der Waals surface area contributed by atoms with Gasteiger partial charge in [-0.25, -0.2) is 0 Å². The molecule has 0 unspecified atom stereocenters. The van der Waals surface area contributed by atoms with E-state index in [1.54, 1.807) is 18.3 Å². The molecule has 1 heterocycles. The van der Waals surface area contributed by atoms with Crippen LogP contribution in [0.15, 0.2) is 18.3 Å². The number of H-pyrrole nitrogens is 1. The molecule has 0 saturated carbocycles. The van der Waals surface area contributed by atoms with E-state index in [4.69, 9.17) is 20.5 Å². The highest BCUT2D eigenvalue weighted by molar-refractivity contribution is 5.77. The Kier molecular flexibility index (Phi) is 3.06. The Morgan fingerprint density at radius 1 is 1.33 bits per heavy atom. The third-order valence-electron chi connectivity index (χ3n) is 2.58. The molecule has 1 aromatic carbocycles. The van der Waals surface area contributed by atoms with Gasteiger partial charge in [-0.2, -0.15) is 10.4 Å². The number of aromatic nitrogens is 2. The van der Waals surface area contributed by atoms with Gasteiger partial charge in [-0.15, -0.1) is 0 Å². The zero-order valence-electron chi connectivity index (χ0n) is 10.0. The fourth-order valence-electron chi connectivity index (χ4n) is 1.73. The Hall–Kier alpha value is -2.68. The van der Waals surface area contributed by atoms with Gasteiger partial charge in [-0.3, -0.25) is 5.10 Å². The minimum atomic E-state index is 0.382. The molecule has 3 N–H and O–H groups in total. The number of anilines is 1. The van der Waals surface area contributed by atoms with Crippen LogP contribution in [0.5, 0.6) is 11.5 Å². The first kappa shape index (κ1) is 11.8. The van der Waals surface area contributed by atoms with Crippen molar-refractivity contribution in [2.24, 2.45) is 0 Å². The van der Waals surface area contributed by atoms with Gasteiger partial charge >= 0.3 is 0 Å². The number of hydrogen-bond donors (Lipinski definition) is 2. The quantitative estimate of drug-likeness (QED) is 0.853. The summed E-state index contributed by atoms with van der Waals surface area (Å²) >= 11 is 0. The Morgan fingerprint density at radius 2 is 2.11 bits per heavy atom. The van der Waals surface area contributed by atoms with Crippen LogP contribution in [-0.2, 0) is 0 Å². The Balaban J connectivity index is 2.65. The summed E-state index contributed by atoms with van der Waals surface area (Å²) in [6, 6.07) is 5.50. The lowest BCUT2D eigenvalue weighted by Crippen LogP contribution is -1.95. The van der Waals surface area contributed by atoms with Gasteiger partial charge in [0.2, 0.25) is 0 Å². The SMILES string of the molecule is COc1cc(-c2cn[nH]c2N)cc(C#N)c1OC. The van der Waals surface area contributed by atoms with Crippen molar-refractivity contribution in [2.45, 2.75) is 0 Å². The van der Waals surface area contributed by atoms with Crippen molar-refractivity contribution in [3.05, 3.63) is 23.9 Å². The highest BCUT2D eigenvalue weighted by atomic mass is 16.5. The van der Waals surface area contributed by atoms with Crippen LogP contribution in [-0.4, -0.2) is 24.4 Å². The molecule has 0 fully saturated rings. The minimum Gasteiger partial charge on any atom is -0.493 e. The molecular weight excluding hydrogens is 232 g/mol. The third kappa shape index (κ3) is 1.82. The van der Waals surface area contributed by atoms with Gasteiger partial charge in [0, 0.05) is 5.56 Å². The van der Waals surface area contributed by atoms with Crippen LogP contribution < -0.4 is 15.2 Å². The van der Waals surface area contributed by atoms with Crippen molar-refractivity contribution < 1.29 is 9.47 Å². The molecule has 1 aromatic heterocycles. The maximum absolute atomic E-state index is 9.12. The van der Waals surface area contributed by atoms with Crippen molar-refractivity contribution in [3.63, 3.8) is 0 Å². The fourth-order valence-corrected chi connectivity index (χ4v) is 1.73. The zero-order valence-corrected chi connectivity index (χ0v) is 10.0. The van der Waals surface area contributed by atoms with E-state index in [0.717, 1.165) is 5.56 Å². The summed E-state index contributed by atoms with van der Waals surface area (Å²) in [4.78, 5) is 0. The zero-order chi connectivity index (χ0) is 13.1. The van der Waals surface area contributed by atoms with Crippen molar-refractivity contribution in [1.29, 1.82) is 5.26 Å². The van der Waals surface area contributed by atoms with Crippen LogP contribution in [0.2, 0.25) is 0 Å². The molecule has 18 heavy (non-hydrogen) atoms. The van der Waals surface area contributed by atoms with E-state index in [1.165, 1.54) is 14.2 Å². The van der Waals surface area contributed by atoms with Gasteiger partial charge in [-0.05, 0) is 17.7 Å². The maximum Gasteiger partial charge on any atom is 0.178 e. The predicted molar refractivity (Wildman–Crippen MR) is 66.3 cm³/mol. The van der Waals surface area contributed by atoms with Gasteiger partial charge in [0.25, 0.3) is 0 Å². The van der Waals surface area contributed by atoms with E-state index in [1.807, 2.05) is 0 Å². The number of benzene rings is 1. The van der Waals surface area contributed by atoms with Crippen LogP contribution in [0.1, 0.15) is 5.56 Å². The molecule has 0 saturated heterocycles. The number of nitrogens with zero attached hydrogens (tertiary/aromatic N) is 2. The molecule has 92 valence electrons. The van der Waals surface area contributed by atoms with Crippen molar-refractivity contribution >= 4 is 5.82 Å². The van der Waals surface area contributed by atoms with Crippen molar-refractivity contribution in [3.8, 4) is 28.7 Å². The van der Waals surface area contributed by atoms with Crippen LogP contribution in [0.4, 0.5) is 5.82 Å². The molecule has 0 spiro atoms. The van der Waals surface area contributed by atoms with Crippen LogP contribution in [0.3, 0.4) is 0 Å². The van der Waals surface area contributed by atoms with Crippen molar-refractivity contribution in [2.75, 3.05) is 20.0 Å². The molecule has 2 aromatic rings. The highest BCUT2D eigenvalue weighted by Crippen LogP contribution is 2.36. The maximum atomic E-state index is 9.12. The average molecular weight is 244 g/mol. The number of aromatic amines is 1. The lowest BCUT2D eigenvalue weighted by atomic mass is 10.0. The van der Waals surface area contributed by atoms with Gasteiger partial charge in [0.15, 0.2) is 11.5 Å². The van der Waals surface area contributed by atoms with Gasteiger partial charge in [0.05, 0.1) is 26.0 Å². The number of nitrogens with one attached hydrogen (secondary N) is 1. The molecule has 2 rings (SSSR count). The Labute approximate surface area is 104 Å². The molecule has 0 bridgehead atoms. The molecule has 0 aliphatic heterocycles. The normalized spacial score (nSPS) is 9.83. The minimum absolute atomic E-state index is 0.382. The van der Waals surface area contributed by atoms with Gasteiger partial charge in [-0.1, -0.05) is 0 Å². The summed E-state index contributed by atoms with van der Waals surface area (Å²) in [5.74, 6) is 1.32. The second kappa shape index (κ2) is 4.67. The number of hydrogen-bond acceptors (Lipinski definition) is 5. The molecule has 0 aliphatic carbocycles.